The van der Waals surface area contributed by atoms with Crippen LogP contribution in [-0.2, 0) is 6.54 Å². The lowest BCUT2D eigenvalue weighted by Crippen LogP contribution is -2.45. The number of aromatic nitrogens is 1. The fourth-order valence-corrected chi connectivity index (χ4v) is 2.59. The van der Waals surface area contributed by atoms with Crippen molar-refractivity contribution in [2.24, 2.45) is 4.99 Å². The molecule has 0 bridgehead atoms. The van der Waals surface area contributed by atoms with Crippen LogP contribution in [0.15, 0.2) is 15.6 Å². The number of nitrogens with zero attached hydrogens (tertiary/aromatic N) is 3. The molecule has 0 fully saturated rings. The topological polar surface area (TPSA) is 65.7 Å². The van der Waals surface area contributed by atoms with Crippen LogP contribution in [0, 0.1) is 0 Å². The van der Waals surface area contributed by atoms with Gasteiger partial charge in [0.05, 0.1) is 5.69 Å². The number of guanidine groups is 1. The predicted molar refractivity (Wildman–Crippen MR) is 100 cm³/mol. The van der Waals surface area contributed by atoms with E-state index >= 15 is 0 Å². The van der Waals surface area contributed by atoms with E-state index in [0.717, 1.165) is 37.0 Å². The first-order valence-electron chi connectivity index (χ1n) is 9.08. The van der Waals surface area contributed by atoms with Gasteiger partial charge in [0.15, 0.2) is 11.7 Å². The minimum absolute atomic E-state index is 0.371. The maximum atomic E-state index is 5.34. The van der Waals surface area contributed by atoms with Gasteiger partial charge >= 0.3 is 0 Å². The SMILES string of the molecule is CCNC(=NCc1cc(C(C)C)no1)NCCN(C(C)C)C(C)C. The molecule has 6 nitrogen and oxygen atoms in total. The highest BCUT2D eigenvalue weighted by Gasteiger charge is 2.13. The van der Waals surface area contributed by atoms with Crippen molar-refractivity contribution < 1.29 is 4.52 Å². The van der Waals surface area contributed by atoms with Crippen LogP contribution in [0.25, 0.3) is 0 Å². The van der Waals surface area contributed by atoms with E-state index in [9.17, 15) is 0 Å². The van der Waals surface area contributed by atoms with Crippen molar-refractivity contribution in [3.05, 3.63) is 17.5 Å². The quantitative estimate of drug-likeness (QED) is 0.536. The Morgan fingerprint density at radius 1 is 1.17 bits per heavy atom. The van der Waals surface area contributed by atoms with E-state index in [1.807, 2.05) is 6.07 Å². The minimum atomic E-state index is 0.371. The lowest BCUT2D eigenvalue weighted by atomic mass is 10.1. The van der Waals surface area contributed by atoms with Gasteiger partial charge in [-0.2, -0.15) is 0 Å². The third-order valence-corrected chi connectivity index (χ3v) is 3.89. The molecule has 1 heterocycles. The average molecular weight is 338 g/mol. The zero-order chi connectivity index (χ0) is 18.1. The van der Waals surface area contributed by atoms with Gasteiger partial charge in [0.25, 0.3) is 0 Å². The van der Waals surface area contributed by atoms with E-state index < -0.39 is 0 Å². The number of hydrogen-bond acceptors (Lipinski definition) is 4. The van der Waals surface area contributed by atoms with Gasteiger partial charge in [-0.25, -0.2) is 4.99 Å². The fourth-order valence-electron chi connectivity index (χ4n) is 2.59. The van der Waals surface area contributed by atoms with Gasteiger partial charge in [-0.05, 0) is 40.5 Å². The highest BCUT2D eigenvalue weighted by molar-refractivity contribution is 5.79. The van der Waals surface area contributed by atoms with Crippen molar-refractivity contribution in [3.8, 4) is 0 Å². The summed E-state index contributed by atoms with van der Waals surface area (Å²) in [6, 6.07) is 3.06. The molecule has 24 heavy (non-hydrogen) atoms. The predicted octanol–water partition coefficient (Wildman–Crippen LogP) is 2.97. The maximum Gasteiger partial charge on any atom is 0.191 e. The van der Waals surface area contributed by atoms with Gasteiger partial charge in [-0.15, -0.1) is 0 Å². The summed E-state index contributed by atoms with van der Waals surface area (Å²) in [4.78, 5) is 7.05. The third kappa shape index (κ3) is 6.91. The van der Waals surface area contributed by atoms with Crippen LogP contribution in [0.2, 0.25) is 0 Å². The molecule has 0 aromatic carbocycles. The third-order valence-electron chi connectivity index (χ3n) is 3.89. The van der Waals surface area contributed by atoms with Crippen LogP contribution >= 0.6 is 0 Å². The van der Waals surface area contributed by atoms with Gasteiger partial charge in [0, 0.05) is 37.8 Å². The Labute approximate surface area is 147 Å². The van der Waals surface area contributed by atoms with Crippen LogP contribution in [-0.4, -0.2) is 47.7 Å². The van der Waals surface area contributed by atoms with E-state index in [-0.39, 0.29) is 0 Å². The fraction of sp³-hybridized carbons (Fsp3) is 0.778. The molecule has 1 rings (SSSR count). The van der Waals surface area contributed by atoms with Crippen LogP contribution < -0.4 is 10.6 Å². The molecule has 0 amide bonds. The van der Waals surface area contributed by atoms with Crippen LogP contribution in [0.5, 0.6) is 0 Å². The Kier molecular flexibility index (Phi) is 8.82. The van der Waals surface area contributed by atoms with Gasteiger partial charge in [-0.1, -0.05) is 19.0 Å². The second-order valence-corrected chi connectivity index (χ2v) is 6.92. The highest BCUT2D eigenvalue weighted by Crippen LogP contribution is 2.14. The molecular formula is C18H35N5O. The largest absolute Gasteiger partial charge is 0.359 e. The molecular weight excluding hydrogens is 302 g/mol. The lowest BCUT2D eigenvalue weighted by Gasteiger charge is -2.30. The number of hydrogen-bond donors (Lipinski definition) is 2. The zero-order valence-corrected chi connectivity index (χ0v) is 16.4. The molecule has 0 aliphatic heterocycles. The first kappa shape index (κ1) is 20.5. The van der Waals surface area contributed by atoms with E-state index in [4.69, 9.17) is 4.52 Å². The first-order chi connectivity index (χ1) is 11.3. The molecule has 0 radical (unpaired) electrons. The molecule has 1 aromatic heterocycles. The summed E-state index contributed by atoms with van der Waals surface area (Å²) in [5.74, 6) is 1.98. The Morgan fingerprint density at radius 2 is 1.83 bits per heavy atom. The second-order valence-electron chi connectivity index (χ2n) is 6.92. The molecule has 2 N–H and O–H groups in total. The number of nitrogens with one attached hydrogen (secondary N) is 2. The molecule has 138 valence electrons. The van der Waals surface area contributed by atoms with Gasteiger partial charge in [0.2, 0.25) is 0 Å². The molecule has 0 aliphatic carbocycles. The Balaban J connectivity index is 2.55. The Bertz CT molecular complexity index is 485. The minimum Gasteiger partial charge on any atom is -0.359 e. The van der Waals surface area contributed by atoms with Gasteiger partial charge < -0.3 is 15.2 Å². The molecule has 0 spiro atoms. The Hall–Kier alpha value is -1.56. The molecule has 1 aromatic rings. The van der Waals surface area contributed by atoms with Crippen molar-refractivity contribution in [1.82, 2.24) is 20.7 Å². The number of rotatable bonds is 9. The summed E-state index contributed by atoms with van der Waals surface area (Å²) >= 11 is 0. The zero-order valence-electron chi connectivity index (χ0n) is 16.4. The van der Waals surface area contributed by atoms with Crippen LogP contribution in [0.1, 0.15) is 65.8 Å². The van der Waals surface area contributed by atoms with Gasteiger partial charge in [0.1, 0.15) is 6.54 Å². The molecule has 0 saturated carbocycles. The summed E-state index contributed by atoms with van der Waals surface area (Å²) in [6.45, 7) is 18.4. The highest BCUT2D eigenvalue weighted by atomic mass is 16.5. The van der Waals surface area contributed by atoms with Crippen molar-refractivity contribution in [2.75, 3.05) is 19.6 Å². The van der Waals surface area contributed by atoms with Crippen LogP contribution in [0.3, 0.4) is 0 Å². The van der Waals surface area contributed by atoms with E-state index in [2.05, 4.69) is 74.1 Å². The number of aliphatic imine (C=N–C) groups is 1. The molecule has 0 unspecified atom stereocenters. The lowest BCUT2D eigenvalue weighted by molar-refractivity contribution is 0.178. The standard InChI is InChI=1S/C18H35N5O/c1-8-19-18(20-9-10-23(14(4)5)15(6)7)21-12-16-11-17(13(2)3)22-24-16/h11,13-15H,8-10,12H2,1-7H3,(H2,19,20,21). The van der Waals surface area contributed by atoms with Crippen LogP contribution in [0.4, 0.5) is 0 Å². The van der Waals surface area contributed by atoms with Crippen molar-refractivity contribution >= 4 is 5.96 Å². The first-order valence-corrected chi connectivity index (χ1v) is 9.08. The molecule has 0 saturated heterocycles. The van der Waals surface area contributed by atoms with E-state index in [0.29, 0.717) is 24.5 Å². The van der Waals surface area contributed by atoms with Crippen molar-refractivity contribution in [1.29, 1.82) is 0 Å². The molecule has 6 heteroatoms. The summed E-state index contributed by atoms with van der Waals surface area (Å²) in [5, 5.41) is 10.7. The monoisotopic (exact) mass is 337 g/mol. The van der Waals surface area contributed by atoms with Crippen molar-refractivity contribution in [3.63, 3.8) is 0 Å². The smallest absolute Gasteiger partial charge is 0.191 e. The Morgan fingerprint density at radius 3 is 2.33 bits per heavy atom. The summed E-state index contributed by atoms with van der Waals surface area (Å²) in [7, 11) is 0. The van der Waals surface area contributed by atoms with Crippen molar-refractivity contribution in [2.45, 2.75) is 73.0 Å². The average Bonchev–Trinajstić information content (AvgIpc) is 2.97. The summed E-state index contributed by atoms with van der Waals surface area (Å²) in [6.07, 6.45) is 0. The second kappa shape index (κ2) is 10.3. The van der Waals surface area contributed by atoms with E-state index in [1.165, 1.54) is 0 Å². The van der Waals surface area contributed by atoms with E-state index in [1.54, 1.807) is 0 Å². The summed E-state index contributed by atoms with van der Waals surface area (Å²) < 4.78 is 5.34. The molecule has 0 aliphatic rings. The summed E-state index contributed by atoms with van der Waals surface area (Å²) in [5.41, 5.74) is 0.975. The maximum absolute atomic E-state index is 5.34. The normalized spacial score (nSPS) is 12.7. The van der Waals surface area contributed by atoms with Gasteiger partial charge in [-0.3, -0.25) is 4.90 Å². The molecule has 0 atom stereocenters.